The van der Waals surface area contributed by atoms with Gasteiger partial charge in [0.15, 0.2) is 0 Å². The molecule has 1 aliphatic rings. The van der Waals surface area contributed by atoms with Gasteiger partial charge in [0.2, 0.25) is 0 Å². The van der Waals surface area contributed by atoms with E-state index in [1.807, 2.05) is 6.92 Å². The number of carbonyl (C=O) groups excluding carboxylic acids is 1. The maximum Gasteiger partial charge on any atom is 0.254 e. The number of nitrogens with zero attached hydrogens (tertiary/aromatic N) is 1. The van der Waals surface area contributed by atoms with Crippen molar-refractivity contribution < 1.29 is 14.6 Å². The molecule has 98 valence electrons. The molecule has 0 aliphatic carbocycles. The zero-order valence-electron chi connectivity index (χ0n) is 10.6. The second-order valence-electron chi connectivity index (χ2n) is 4.70. The van der Waals surface area contributed by atoms with E-state index in [-0.39, 0.29) is 5.91 Å². The highest BCUT2D eigenvalue weighted by Crippen LogP contribution is 2.28. The number of anilines is 1. The van der Waals surface area contributed by atoms with E-state index in [4.69, 9.17) is 10.5 Å². The maximum absolute atomic E-state index is 12.1. The number of hydrogen-bond donors (Lipinski definition) is 2. The van der Waals surface area contributed by atoms with Crippen LogP contribution in [0.1, 0.15) is 23.7 Å². The molecular formula is C13H18N2O3. The number of rotatable bonds is 3. The minimum Gasteiger partial charge on any atom is -0.495 e. The minimum absolute atomic E-state index is 0.105. The Balaban J connectivity index is 2.11. The van der Waals surface area contributed by atoms with Crippen molar-refractivity contribution in [3.05, 3.63) is 23.8 Å². The first-order valence-electron chi connectivity index (χ1n) is 5.94. The Morgan fingerprint density at radius 2 is 2.22 bits per heavy atom. The second kappa shape index (κ2) is 4.49. The molecule has 0 atom stereocenters. The number of aliphatic hydroxyl groups is 1. The maximum atomic E-state index is 12.1. The van der Waals surface area contributed by atoms with E-state index in [0.29, 0.717) is 36.5 Å². The highest BCUT2D eigenvalue weighted by atomic mass is 16.5. The minimum atomic E-state index is -0.715. The molecule has 18 heavy (non-hydrogen) atoms. The van der Waals surface area contributed by atoms with Crippen molar-refractivity contribution in [3.8, 4) is 5.75 Å². The van der Waals surface area contributed by atoms with Crippen molar-refractivity contribution in [1.82, 2.24) is 4.90 Å². The molecule has 0 unspecified atom stereocenters. The molecule has 2 rings (SSSR count). The van der Waals surface area contributed by atoms with E-state index in [1.165, 1.54) is 7.11 Å². The molecule has 1 heterocycles. The van der Waals surface area contributed by atoms with Gasteiger partial charge >= 0.3 is 0 Å². The average molecular weight is 250 g/mol. The number of ether oxygens (including phenoxy) is 1. The fraction of sp³-hybridized carbons (Fsp3) is 0.462. The van der Waals surface area contributed by atoms with E-state index in [1.54, 1.807) is 23.1 Å². The van der Waals surface area contributed by atoms with Gasteiger partial charge in [0, 0.05) is 5.56 Å². The molecule has 1 aliphatic heterocycles. The van der Waals surface area contributed by atoms with Gasteiger partial charge in [-0.25, -0.2) is 0 Å². The van der Waals surface area contributed by atoms with Crippen LogP contribution >= 0.6 is 0 Å². The molecule has 5 nitrogen and oxygen atoms in total. The fourth-order valence-electron chi connectivity index (χ4n) is 2.06. The van der Waals surface area contributed by atoms with Gasteiger partial charge in [-0.05, 0) is 24.6 Å². The highest BCUT2D eigenvalue weighted by molar-refractivity contribution is 5.96. The fourth-order valence-corrected chi connectivity index (χ4v) is 2.06. The van der Waals surface area contributed by atoms with E-state index in [0.717, 1.165) is 0 Å². The van der Waals surface area contributed by atoms with Gasteiger partial charge in [0.1, 0.15) is 5.75 Å². The third-order valence-corrected chi connectivity index (χ3v) is 3.40. The number of likely N-dealkylation sites (tertiary alicyclic amines) is 1. The van der Waals surface area contributed by atoms with Crippen LogP contribution < -0.4 is 10.5 Å². The smallest absolute Gasteiger partial charge is 0.254 e. The van der Waals surface area contributed by atoms with Crippen LogP contribution in [0.4, 0.5) is 5.69 Å². The SMILES string of the molecule is CCC1(O)CN(C(=O)c2ccc(N)c(OC)c2)C1. The number of hydrogen-bond acceptors (Lipinski definition) is 4. The van der Waals surface area contributed by atoms with Crippen molar-refractivity contribution in [1.29, 1.82) is 0 Å². The van der Waals surface area contributed by atoms with Gasteiger partial charge in [-0.2, -0.15) is 0 Å². The molecular weight excluding hydrogens is 232 g/mol. The summed E-state index contributed by atoms with van der Waals surface area (Å²) < 4.78 is 5.08. The topological polar surface area (TPSA) is 75.8 Å². The summed E-state index contributed by atoms with van der Waals surface area (Å²) in [5, 5.41) is 9.89. The van der Waals surface area contributed by atoms with Crippen LogP contribution in [0.2, 0.25) is 0 Å². The van der Waals surface area contributed by atoms with Crippen LogP contribution in [0, 0.1) is 0 Å². The third-order valence-electron chi connectivity index (χ3n) is 3.40. The Bertz CT molecular complexity index is 467. The number of nitrogens with two attached hydrogens (primary N) is 1. The van der Waals surface area contributed by atoms with Gasteiger partial charge in [-0.1, -0.05) is 6.92 Å². The summed E-state index contributed by atoms with van der Waals surface area (Å²) in [7, 11) is 1.51. The Kier molecular flexibility index (Phi) is 3.17. The first-order valence-corrected chi connectivity index (χ1v) is 5.94. The van der Waals surface area contributed by atoms with Crippen LogP contribution in [0.5, 0.6) is 5.75 Å². The molecule has 0 aromatic heterocycles. The van der Waals surface area contributed by atoms with Crippen molar-refractivity contribution in [3.63, 3.8) is 0 Å². The standard InChI is InChI=1S/C13H18N2O3/c1-3-13(17)7-15(8-13)12(16)9-4-5-10(14)11(6-9)18-2/h4-6,17H,3,7-8,14H2,1-2H3. The number of carbonyl (C=O) groups is 1. The van der Waals surface area contributed by atoms with Gasteiger partial charge in [-0.3, -0.25) is 4.79 Å². The Hall–Kier alpha value is -1.75. The lowest BCUT2D eigenvalue weighted by molar-refractivity contribution is -0.0826. The largest absolute Gasteiger partial charge is 0.495 e. The molecule has 1 aromatic carbocycles. The quantitative estimate of drug-likeness (QED) is 0.781. The van der Waals surface area contributed by atoms with E-state index in [2.05, 4.69) is 0 Å². The van der Waals surface area contributed by atoms with E-state index >= 15 is 0 Å². The zero-order valence-corrected chi connectivity index (χ0v) is 10.6. The molecule has 1 fully saturated rings. The molecule has 3 N–H and O–H groups in total. The average Bonchev–Trinajstić information content (AvgIpc) is 2.34. The molecule has 0 spiro atoms. The second-order valence-corrected chi connectivity index (χ2v) is 4.70. The molecule has 0 radical (unpaired) electrons. The molecule has 0 bridgehead atoms. The lowest BCUT2D eigenvalue weighted by atomic mass is 9.90. The third kappa shape index (κ3) is 2.13. The molecule has 1 amide bonds. The Morgan fingerprint density at radius 3 is 2.78 bits per heavy atom. The highest BCUT2D eigenvalue weighted by Gasteiger charge is 2.42. The predicted molar refractivity (Wildman–Crippen MR) is 68.6 cm³/mol. The van der Waals surface area contributed by atoms with Gasteiger partial charge < -0.3 is 20.5 Å². The van der Waals surface area contributed by atoms with Gasteiger partial charge in [0.25, 0.3) is 5.91 Å². The van der Waals surface area contributed by atoms with E-state index < -0.39 is 5.60 Å². The number of β-amino-alcohol motifs (C(OH)–C–C–N with tert-alkyl or cyclic N) is 1. The number of amides is 1. The van der Waals surface area contributed by atoms with Crippen molar-refractivity contribution in [2.45, 2.75) is 18.9 Å². The summed E-state index contributed by atoms with van der Waals surface area (Å²) in [5.41, 5.74) is 6.01. The normalized spacial score (nSPS) is 17.2. The van der Waals surface area contributed by atoms with Crippen LogP contribution in [-0.2, 0) is 0 Å². The van der Waals surface area contributed by atoms with Crippen molar-refractivity contribution in [2.75, 3.05) is 25.9 Å². The summed E-state index contributed by atoms with van der Waals surface area (Å²) in [5.74, 6) is 0.388. The lowest BCUT2D eigenvalue weighted by Gasteiger charge is -2.46. The van der Waals surface area contributed by atoms with Gasteiger partial charge in [0.05, 0.1) is 31.5 Å². The van der Waals surface area contributed by atoms with Gasteiger partial charge in [-0.15, -0.1) is 0 Å². The van der Waals surface area contributed by atoms with Crippen LogP contribution in [-0.4, -0.2) is 41.7 Å². The molecule has 0 saturated carbocycles. The summed E-state index contributed by atoms with van der Waals surface area (Å²) in [6.07, 6.45) is 0.655. The van der Waals surface area contributed by atoms with Crippen molar-refractivity contribution in [2.24, 2.45) is 0 Å². The summed E-state index contributed by atoms with van der Waals surface area (Å²) >= 11 is 0. The predicted octanol–water partition coefficient (Wildman–Crippen LogP) is 0.874. The van der Waals surface area contributed by atoms with Crippen LogP contribution in [0.3, 0.4) is 0 Å². The summed E-state index contributed by atoms with van der Waals surface area (Å²) in [6, 6.07) is 4.95. The van der Waals surface area contributed by atoms with Crippen LogP contribution in [0.15, 0.2) is 18.2 Å². The van der Waals surface area contributed by atoms with Crippen molar-refractivity contribution >= 4 is 11.6 Å². The number of methoxy groups -OCH3 is 1. The first-order chi connectivity index (χ1) is 8.49. The molecule has 1 saturated heterocycles. The summed E-state index contributed by atoms with van der Waals surface area (Å²) in [6.45, 7) is 2.68. The van der Waals surface area contributed by atoms with Crippen LogP contribution in [0.25, 0.3) is 0 Å². The Labute approximate surface area is 106 Å². The first kappa shape index (κ1) is 12.7. The number of nitrogen functional groups attached to an aromatic ring is 1. The zero-order chi connectivity index (χ0) is 13.3. The number of benzene rings is 1. The van der Waals surface area contributed by atoms with E-state index in [9.17, 15) is 9.90 Å². The monoisotopic (exact) mass is 250 g/mol. The summed E-state index contributed by atoms with van der Waals surface area (Å²) in [4.78, 5) is 13.7. The molecule has 5 heteroatoms. The lowest BCUT2D eigenvalue weighted by Crippen LogP contribution is -2.63. The molecule has 1 aromatic rings. The Morgan fingerprint density at radius 1 is 1.56 bits per heavy atom.